The summed E-state index contributed by atoms with van der Waals surface area (Å²) in [5, 5.41) is 0. The van der Waals surface area contributed by atoms with Gasteiger partial charge in [0.2, 0.25) is 5.91 Å². The Morgan fingerprint density at radius 3 is 2.61 bits per heavy atom. The number of carbonyl (C=O) groups is 2. The second-order valence-electron chi connectivity index (χ2n) is 4.44. The van der Waals surface area contributed by atoms with Gasteiger partial charge in [0.05, 0.1) is 24.1 Å². The second kappa shape index (κ2) is 11.0. The third kappa shape index (κ3) is 7.45. The van der Waals surface area contributed by atoms with E-state index in [1.54, 1.807) is 25.3 Å². The van der Waals surface area contributed by atoms with Crippen LogP contribution in [0.4, 0.5) is 0 Å². The van der Waals surface area contributed by atoms with Crippen LogP contribution in [0.25, 0.3) is 0 Å². The van der Waals surface area contributed by atoms with E-state index in [1.807, 2.05) is 6.92 Å². The fourth-order valence-corrected chi connectivity index (χ4v) is 2.06. The van der Waals surface area contributed by atoms with Crippen molar-refractivity contribution >= 4 is 27.7 Å². The molecular weight excluding hydrogens is 368 g/mol. The number of hydrogen-bond donors (Lipinski definition) is 2. The maximum atomic E-state index is 12.0. The largest absolute Gasteiger partial charge is 0.490 e. The Morgan fingerprint density at radius 1 is 1.17 bits per heavy atom. The summed E-state index contributed by atoms with van der Waals surface area (Å²) < 4.78 is 16.1. The summed E-state index contributed by atoms with van der Waals surface area (Å²) in [5.41, 5.74) is 5.07. The molecule has 2 amide bonds. The molecule has 0 atom stereocenters. The summed E-state index contributed by atoms with van der Waals surface area (Å²) in [6, 6.07) is 4.89. The van der Waals surface area contributed by atoms with Crippen LogP contribution in [-0.4, -0.2) is 45.4 Å². The van der Waals surface area contributed by atoms with Gasteiger partial charge in [0.1, 0.15) is 12.4 Å². The molecule has 128 valence electrons. The molecule has 0 spiro atoms. The molecule has 0 aromatic heterocycles. The van der Waals surface area contributed by atoms with Crippen LogP contribution in [-0.2, 0) is 14.3 Å². The van der Waals surface area contributed by atoms with E-state index in [2.05, 4.69) is 26.8 Å². The highest BCUT2D eigenvalue weighted by atomic mass is 79.9. The first-order valence-electron chi connectivity index (χ1n) is 7.16. The Kier molecular flexibility index (Phi) is 9.27. The molecule has 0 bridgehead atoms. The summed E-state index contributed by atoms with van der Waals surface area (Å²) in [4.78, 5) is 23.4. The lowest BCUT2D eigenvalue weighted by molar-refractivity contribution is -0.122. The molecular formula is C15H21BrN2O5. The highest BCUT2D eigenvalue weighted by Gasteiger charge is 2.10. The average Bonchev–Trinajstić information content (AvgIpc) is 2.54. The molecule has 0 aliphatic carbocycles. The summed E-state index contributed by atoms with van der Waals surface area (Å²) in [5.74, 6) is -0.122. The van der Waals surface area contributed by atoms with Crippen LogP contribution in [0.3, 0.4) is 0 Å². The third-order valence-corrected chi connectivity index (χ3v) is 3.35. The van der Waals surface area contributed by atoms with Gasteiger partial charge < -0.3 is 14.2 Å². The summed E-state index contributed by atoms with van der Waals surface area (Å²) in [6.45, 7) is 3.60. The molecule has 0 saturated heterocycles. The molecule has 0 radical (unpaired) electrons. The smallest absolute Gasteiger partial charge is 0.269 e. The number of halogens is 1. The quantitative estimate of drug-likeness (QED) is 0.496. The minimum absolute atomic E-state index is 0.185. The van der Waals surface area contributed by atoms with Gasteiger partial charge in [-0.05, 0) is 41.1 Å². The molecule has 7 nitrogen and oxygen atoms in total. The van der Waals surface area contributed by atoms with Crippen molar-refractivity contribution in [1.82, 2.24) is 10.9 Å². The first-order chi connectivity index (χ1) is 11.1. The van der Waals surface area contributed by atoms with Crippen LogP contribution in [0.2, 0.25) is 0 Å². The second-order valence-corrected chi connectivity index (χ2v) is 5.29. The normalized spacial score (nSPS) is 10.2. The number of ether oxygens (including phenoxy) is 3. The molecule has 0 aliphatic rings. The first kappa shape index (κ1) is 19.4. The monoisotopic (exact) mass is 388 g/mol. The van der Waals surface area contributed by atoms with E-state index in [-0.39, 0.29) is 12.3 Å². The lowest BCUT2D eigenvalue weighted by Gasteiger charge is -2.10. The molecule has 0 fully saturated rings. The summed E-state index contributed by atoms with van der Waals surface area (Å²) in [7, 11) is 1.59. The minimum Gasteiger partial charge on any atom is -0.490 e. The van der Waals surface area contributed by atoms with Crippen LogP contribution < -0.4 is 15.6 Å². The Bertz CT molecular complexity index is 525. The van der Waals surface area contributed by atoms with Crippen LogP contribution >= 0.6 is 15.9 Å². The molecule has 1 aromatic rings. The fourth-order valence-electron chi connectivity index (χ4n) is 1.56. The van der Waals surface area contributed by atoms with E-state index in [0.29, 0.717) is 42.2 Å². The highest BCUT2D eigenvalue weighted by Crippen LogP contribution is 2.25. The predicted molar refractivity (Wildman–Crippen MR) is 88.2 cm³/mol. The number of amides is 2. The van der Waals surface area contributed by atoms with Crippen molar-refractivity contribution in [2.45, 2.75) is 13.3 Å². The van der Waals surface area contributed by atoms with Crippen molar-refractivity contribution in [3.63, 3.8) is 0 Å². The number of methoxy groups -OCH3 is 1. The Labute approximate surface area is 143 Å². The molecule has 0 saturated carbocycles. The Morgan fingerprint density at radius 2 is 1.96 bits per heavy atom. The number of rotatable bonds is 9. The van der Waals surface area contributed by atoms with Gasteiger partial charge in [0.25, 0.3) is 5.91 Å². The summed E-state index contributed by atoms with van der Waals surface area (Å²) in [6.07, 6.45) is 0.185. The molecule has 2 N–H and O–H groups in total. The van der Waals surface area contributed by atoms with Crippen molar-refractivity contribution in [3.05, 3.63) is 28.2 Å². The van der Waals surface area contributed by atoms with Gasteiger partial charge in [-0.2, -0.15) is 0 Å². The zero-order valence-corrected chi connectivity index (χ0v) is 14.8. The Hall–Kier alpha value is -1.64. The van der Waals surface area contributed by atoms with Gasteiger partial charge in [-0.3, -0.25) is 20.4 Å². The highest BCUT2D eigenvalue weighted by molar-refractivity contribution is 9.10. The maximum Gasteiger partial charge on any atom is 0.269 e. The number of nitrogens with one attached hydrogen (secondary N) is 2. The standard InChI is InChI=1S/C15H21BrN2O5/c1-3-22-7-6-14(19)17-18-15(20)11-4-5-13(12(16)10-11)23-9-8-21-2/h4-5,10H,3,6-9H2,1-2H3,(H,17,19)(H,18,20). The van der Waals surface area contributed by atoms with Crippen LogP contribution in [0, 0.1) is 0 Å². The molecule has 8 heteroatoms. The predicted octanol–water partition coefficient (Wildman–Crippen LogP) is 1.66. The van der Waals surface area contributed by atoms with E-state index in [0.717, 1.165) is 0 Å². The van der Waals surface area contributed by atoms with Crippen molar-refractivity contribution in [2.24, 2.45) is 0 Å². The van der Waals surface area contributed by atoms with E-state index in [9.17, 15) is 9.59 Å². The molecule has 1 rings (SSSR count). The van der Waals surface area contributed by atoms with Gasteiger partial charge in [0, 0.05) is 19.3 Å². The SMILES string of the molecule is CCOCCC(=O)NNC(=O)c1ccc(OCCOC)c(Br)c1. The number of hydrazine groups is 1. The minimum atomic E-state index is -0.418. The molecule has 0 unspecified atom stereocenters. The number of benzene rings is 1. The van der Waals surface area contributed by atoms with Crippen LogP contribution in [0.1, 0.15) is 23.7 Å². The van der Waals surface area contributed by atoms with Gasteiger partial charge >= 0.3 is 0 Å². The third-order valence-electron chi connectivity index (χ3n) is 2.73. The molecule has 1 aromatic carbocycles. The topological polar surface area (TPSA) is 85.9 Å². The van der Waals surface area contributed by atoms with Crippen LogP contribution in [0.15, 0.2) is 22.7 Å². The maximum absolute atomic E-state index is 12.0. The van der Waals surface area contributed by atoms with Gasteiger partial charge in [-0.15, -0.1) is 0 Å². The molecule has 23 heavy (non-hydrogen) atoms. The molecule has 0 heterocycles. The van der Waals surface area contributed by atoms with Gasteiger partial charge in [-0.25, -0.2) is 0 Å². The lowest BCUT2D eigenvalue weighted by Crippen LogP contribution is -2.41. The van der Waals surface area contributed by atoms with Gasteiger partial charge in [0.15, 0.2) is 0 Å². The number of carbonyl (C=O) groups excluding carboxylic acids is 2. The number of hydrogen-bond acceptors (Lipinski definition) is 5. The molecule has 0 aliphatic heterocycles. The van der Waals surface area contributed by atoms with Gasteiger partial charge in [-0.1, -0.05) is 0 Å². The van der Waals surface area contributed by atoms with E-state index >= 15 is 0 Å². The average molecular weight is 389 g/mol. The van der Waals surface area contributed by atoms with Crippen molar-refractivity contribution < 1.29 is 23.8 Å². The van der Waals surface area contributed by atoms with E-state index in [1.165, 1.54) is 0 Å². The van der Waals surface area contributed by atoms with E-state index < -0.39 is 5.91 Å². The first-order valence-corrected chi connectivity index (χ1v) is 7.96. The van der Waals surface area contributed by atoms with Crippen molar-refractivity contribution in [2.75, 3.05) is 33.5 Å². The summed E-state index contributed by atoms with van der Waals surface area (Å²) >= 11 is 3.34. The Balaban J connectivity index is 2.47. The van der Waals surface area contributed by atoms with Crippen LogP contribution in [0.5, 0.6) is 5.75 Å². The van der Waals surface area contributed by atoms with Crippen molar-refractivity contribution in [1.29, 1.82) is 0 Å². The van der Waals surface area contributed by atoms with Crippen molar-refractivity contribution in [3.8, 4) is 5.75 Å². The lowest BCUT2D eigenvalue weighted by atomic mass is 10.2. The fraction of sp³-hybridized carbons (Fsp3) is 0.467. The zero-order chi connectivity index (χ0) is 17.1. The van der Waals surface area contributed by atoms with E-state index in [4.69, 9.17) is 14.2 Å². The zero-order valence-electron chi connectivity index (χ0n) is 13.2.